The van der Waals surface area contributed by atoms with Crippen molar-refractivity contribution in [3.8, 4) is 0 Å². The molecule has 3 N–H and O–H groups in total. The third-order valence-electron chi connectivity index (χ3n) is 3.29. The van der Waals surface area contributed by atoms with Gasteiger partial charge in [0.05, 0.1) is 18.3 Å². The molecule has 0 bridgehead atoms. The molecule has 0 aliphatic carbocycles. The van der Waals surface area contributed by atoms with E-state index in [0.29, 0.717) is 6.54 Å². The Balaban J connectivity index is 2.30. The number of morpholine rings is 1. The number of nitrogens with two attached hydrogens (primary N) is 1. The van der Waals surface area contributed by atoms with Crippen LogP contribution in [0.4, 0.5) is 5.82 Å². The van der Waals surface area contributed by atoms with Gasteiger partial charge in [0, 0.05) is 30.9 Å². The number of hydrogen-bond donors (Lipinski definition) is 2. The SMILES string of the molecule is C[C@@H](N)c1cccnc1N1CC(CO)OC(C)(C)C1. The van der Waals surface area contributed by atoms with Gasteiger partial charge in [0.25, 0.3) is 0 Å². The summed E-state index contributed by atoms with van der Waals surface area (Å²) in [7, 11) is 0. The standard InChI is InChI=1S/C14H23N3O2/c1-10(15)12-5-4-6-16-13(12)17-7-11(8-18)19-14(2,3)9-17/h4-6,10-11,18H,7-9,15H2,1-3H3/t10-,11?/m1/s1. The van der Waals surface area contributed by atoms with Crippen LogP contribution >= 0.6 is 0 Å². The Morgan fingerprint density at radius 2 is 2.37 bits per heavy atom. The number of pyridine rings is 1. The lowest BCUT2D eigenvalue weighted by Gasteiger charge is -2.43. The van der Waals surface area contributed by atoms with Gasteiger partial charge in [0.15, 0.2) is 0 Å². The van der Waals surface area contributed by atoms with Gasteiger partial charge in [-0.15, -0.1) is 0 Å². The van der Waals surface area contributed by atoms with Gasteiger partial charge < -0.3 is 20.5 Å². The maximum absolute atomic E-state index is 9.37. The molecule has 2 heterocycles. The highest BCUT2D eigenvalue weighted by Gasteiger charge is 2.34. The van der Waals surface area contributed by atoms with E-state index in [2.05, 4.69) is 9.88 Å². The van der Waals surface area contributed by atoms with Crippen LogP contribution in [0.2, 0.25) is 0 Å². The Morgan fingerprint density at radius 1 is 1.63 bits per heavy atom. The zero-order valence-electron chi connectivity index (χ0n) is 11.8. The number of ether oxygens (including phenoxy) is 1. The van der Waals surface area contributed by atoms with Crippen molar-refractivity contribution in [3.05, 3.63) is 23.9 Å². The molecule has 1 aromatic rings. The van der Waals surface area contributed by atoms with Crippen LogP contribution in [0.3, 0.4) is 0 Å². The normalized spacial score (nSPS) is 24.3. The second-order valence-corrected chi connectivity index (χ2v) is 5.77. The molecule has 1 aromatic heterocycles. The molecule has 0 spiro atoms. The summed E-state index contributed by atoms with van der Waals surface area (Å²) in [5.41, 5.74) is 6.73. The smallest absolute Gasteiger partial charge is 0.133 e. The first-order valence-electron chi connectivity index (χ1n) is 6.67. The first-order valence-corrected chi connectivity index (χ1v) is 6.67. The van der Waals surface area contributed by atoms with E-state index in [1.165, 1.54) is 0 Å². The fraction of sp³-hybridized carbons (Fsp3) is 0.643. The molecule has 5 nitrogen and oxygen atoms in total. The van der Waals surface area contributed by atoms with E-state index < -0.39 is 0 Å². The molecule has 0 saturated carbocycles. The Bertz CT molecular complexity index is 434. The molecular formula is C14H23N3O2. The minimum absolute atomic E-state index is 0.0142. The second-order valence-electron chi connectivity index (χ2n) is 5.77. The summed E-state index contributed by atoms with van der Waals surface area (Å²) in [4.78, 5) is 6.62. The summed E-state index contributed by atoms with van der Waals surface area (Å²) < 4.78 is 5.82. The first-order chi connectivity index (χ1) is 8.93. The number of aliphatic hydroxyl groups excluding tert-OH is 1. The predicted octanol–water partition coefficient (Wildman–Crippen LogP) is 1.08. The van der Waals surface area contributed by atoms with Crippen molar-refractivity contribution < 1.29 is 9.84 Å². The molecule has 5 heteroatoms. The third kappa shape index (κ3) is 3.23. The molecular weight excluding hydrogens is 242 g/mol. The Hall–Kier alpha value is -1.17. The number of hydrogen-bond acceptors (Lipinski definition) is 5. The first kappa shape index (κ1) is 14.2. The Labute approximate surface area is 114 Å². The predicted molar refractivity (Wildman–Crippen MR) is 75.1 cm³/mol. The van der Waals surface area contributed by atoms with Crippen molar-refractivity contribution >= 4 is 5.82 Å². The molecule has 0 amide bonds. The van der Waals surface area contributed by atoms with Gasteiger partial charge in [0.2, 0.25) is 0 Å². The number of aliphatic hydroxyl groups is 1. The molecule has 1 fully saturated rings. The van der Waals surface area contributed by atoms with Crippen molar-refractivity contribution in [3.63, 3.8) is 0 Å². The van der Waals surface area contributed by atoms with Gasteiger partial charge in [-0.25, -0.2) is 4.98 Å². The van der Waals surface area contributed by atoms with E-state index in [4.69, 9.17) is 10.5 Å². The molecule has 106 valence electrons. The van der Waals surface area contributed by atoms with E-state index in [0.717, 1.165) is 17.9 Å². The van der Waals surface area contributed by atoms with E-state index in [-0.39, 0.29) is 24.4 Å². The average molecular weight is 265 g/mol. The van der Waals surface area contributed by atoms with Gasteiger partial charge >= 0.3 is 0 Å². The topological polar surface area (TPSA) is 71.6 Å². The van der Waals surface area contributed by atoms with Crippen LogP contribution < -0.4 is 10.6 Å². The fourth-order valence-electron chi connectivity index (χ4n) is 2.58. The molecule has 0 aromatic carbocycles. The molecule has 2 rings (SSSR count). The largest absolute Gasteiger partial charge is 0.394 e. The summed E-state index contributed by atoms with van der Waals surface area (Å²) in [5, 5.41) is 9.37. The van der Waals surface area contributed by atoms with Crippen molar-refractivity contribution in [2.75, 3.05) is 24.6 Å². The number of nitrogens with zero attached hydrogens (tertiary/aromatic N) is 2. The summed E-state index contributed by atoms with van der Waals surface area (Å²) in [5.74, 6) is 0.896. The maximum Gasteiger partial charge on any atom is 0.133 e. The van der Waals surface area contributed by atoms with Crippen LogP contribution in [0.1, 0.15) is 32.4 Å². The highest BCUT2D eigenvalue weighted by Crippen LogP contribution is 2.28. The highest BCUT2D eigenvalue weighted by atomic mass is 16.5. The van der Waals surface area contributed by atoms with Gasteiger partial charge in [-0.3, -0.25) is 0 Å². The van der Waals surface area contributed by atoms with E-state index in [1.54, 1.807) is 6.20 Å². The minimum Gasteiger partial charge on any atom is -0.394 e. The summed E-state index contributed by atoms with van der Waals surface area (Å²) in [6.45, 7) is 7.39. The quantitative estimate of drug-likeness (QED) is 0.855. The van der Waals surface area contributed by atoms with Crippen LogP contribution in [0.15, 0.2) is 18.3 Å². The lowest BCUT2D eigenvalue weighted by atomic mass is 10.0. The van der Waals surface area contributed by atoms with Gasteiger partial charge in [-0.2, -0.15) is 0 Å². The Morgan fingerprint density at radius 3 is 3.00 bits per heavy atom. The minimum atomic E-state index is -0.307. The zero-order chi connectivity index (χ0) is 14.0. The fourth-order valence-corrected chi connectivity index (χ4v) is 2.58. The van der Waals surface area contributed by atoms with Crippen LogP contribution in [-0.2, 0) is 4.74 Å². The number of aromatic nitrogens is 1. The van der Waals surface area contributed by atoms with Gasteiger partial charge in [0.1, 0.15) is 5.82 Å². The van der Waals surface area contributed by atoms with E-state index >= 15 is 0 Å². The highest BCUT2D eigenvalue weighted by molar-refractivity contribution is 5.49. The van der Waals surface area contributed by atoms with Crippen LogP contribution in [0.25, 0.3) is 0 Å². The molecule has 1 unspecified atom stereocenters. The average Bonchev–Trinajstić information content (AvgIpc) is 2.36. The second kappa shape index (κ2) is 5.45. The number of rotatable bonds is 3. The molecule has 1 aliphatic heterocycles. The molecule has 19 heavy (non-hydrogen) atoms. The molecule has 2 atom stereocenters. The van der Waals surface area contributed by atoms with Crippen molar-refractivity contribution in [1.29, 1.82) is 0 Å². The lowest BCUT2D eigenvalue weighted by Crippen LogP contribution is -2.54. The third-order valence-corrected chi connectivity index (χ3v) is 3.29. The molecule has 1 aliphatic rings. The summed E-state index contributed by atoms with van der Waals surface area (Å²) in [6.07, 6.45) is 1.59. The van der Waals surface area contributed by atoms with Crippen LogP contribution in [-0.4, -0.2) is 41.5 Å². The van der Waals surface area contributed by atoms with Crippen molar-refractivity contribution in [1.82, 2.24) is 4.98 Å². The number of anilines is 1. The van der Waals surface area contributed by atoms with Crippen molar-refractivity contribution in [2.45, 2.75) is 38.5 Å². The lowest BCUT2D eigenvalue weighted by molar-refractivity contribution is -0.101. The molecule has 0 radical (unpaired) electrons. The maximum atomic E-state index is 9.37. The van der Waals surface area contributed by atoms with Gasteiger partial charge in [-0.1, -0.05) is 6.07 Å². The molecule has 1 saturated heterocycles. The van der Waals surface area contributed by atoms with Crippen LogP contribution in [0.5, 0.6) is 0 Å². The van der Waals surface area contributed by atoms with Crippen molar-refractivity contribution in [2.24, 2.45) is 5.73 Å². The zero-order valence-corrected chi connectivity index (χ0v) is 11.8. The summed E-state index contributed by atoms with van der Waals surface area (Å²) >= 11 is 0. The summed E-state index contributed by atoms with van der Waals surface area (Å²) in [6, 6.07) is 3.84. The van der Waals surface area contributed by atoms with E-state index in [9.17, 15) is 5.11 Å². The monoisotopic (exact) mass is 265 g/mol. The van der Waals surface area contributed by atoms with Gasteiger partial charge in [-0.05, 0) is 26.8 Å². The van der Waals surface area contributed by atoms with E-state index in [1.807, 2.05) is 32.9 Å². The Kier molecular flexibility index (Phi) is 4.08. The van der Waals surface area contributed by atoms with Crippen LogP contribution in [0, 0.1) is 0 Å².